The summed E-state index contributed by atoms with van der Waals surface area (Å²) in [6, 6.07) is 4.93. The lowest BCUT2D eigenvalue weighted by atomic mass is 10.2. The number of thioether (sulfide) groups is 1. The summed E-state index contributed by atoms with van der Waals surface area (Å²) in [7, 11) is 0. The van der Waals surface area contributed by atoms with Gasteiger partial charge < -0.3 is 0 Å². The molecule has 0 atom stereocenters. The van der Waals surface area contributed by atoms with Gasteiger partial charge in [-0.05, 0) is 28.1 Å². The molecule has 0 unspecified atom stereocenters. The molecule has 0 aliphatic carbocycles. The number of halogens is 5. The van der Waals surface area contributed by atoms with E-state index in [0.29, 0.717) is 20.5 Å². The first kappa shape index (κ1) is 15.4. The van der Waals surface area contributed by atoms with Crippen molar-refractivity contribution in [1.29, 1.82) is 0 Å². The van der Waals surface area contributed by atoms with Gasteiger partial charge in [-0.25, -0.2) is 4.68 Å². The summed E-state index contributed by atoms with van der Waals surface area (Å²) in [5, 5.41) is 11.1. The quantitative estimate of drug-likeness (QED) is 0.792. The molecule has 0 spiro atoms. The minimum absolute atomic E-state index is 0.0772. The average Bonchev–Trinajstić information content (AvgIpc) is 2.73. The van der Waals surface area contributed by atoms with Gasteiger partial charge in [0.05, 0.1) is 0 Å². The van der Waals surface area contributed by atoms with Gasteiger partial charge in [0.2, 0.25) is 5.16 Å². The molecular weight excluding hydrogens is 336 g/mol. The highest BCUT2D eigenvalue weighted by molar-refractivity contribution is 7.98. The van der Waals surface area contributed by atoms with E-state index in [1.807, 2.05) is 0 Å². The zero-order valence-electron chi connectivity index (χ0n) is 9.73. The molecule has 0 amide bonds. The van der Waals surface area contributed by atoms with E-state index >= 15 is 0 Å². The Balaban J connectivity index is 2.06. The molecule has 4 nitrogen and oxygen atoms in total. The van der Waals surface area contributed by atoms with Gasteiger partial charge in [-0.15, -0.1) is 5.10 Å². The lowest BCUT2D eigenvalue weighted by Gasteiger charge is -2.08. The molecule has 108 valence electrons. The van der Waals surface area contributed by atoms with Crippen LogP contribution in [0.2, 0.25) is 10.0 Å². The summed E-state index contributed by atoms with van der Waals surface area (Å²) >= 11 is 12.8. The first-order chi connectivity index (χ1) is 9.35. The largest absolute Gasteiger partial charge is 0.408 e. The Hall–Kier alpha value is -0.990. The van der Waals surface area contributed by atoms with Crippen LogP contribution in [0.5, 0.6) is 0 Å². The molecule has 10 heteroatoms. The van der Waals surface area contributed by atoms with Crippen molar-refractivity contribution < 1.29 is 13.2 Å². The minimum Gasteiger partial charge on any atom is -0.211 e. The number of benzene rings is 1. The molecule has 1 heterocycles. The number of aromatic nitrogens is 4. The standard InChI is InChI=1S/C10H7Cl2F3N4S/c11-7-2-1-6(8(12)3-7)4-20-9-16-17-18-19(9)5-10(13,14)15/h1-3H,4-5H2. The van der Waals surface area contributed by atoms with E-state index in [-0.39, 0.29) is 5.16 Å². The van der Waals surface area contributed by atoms with Crippen molar-refractivity contribution in [1.82, 2.24) is 20.2 Å². The van der Waals surface area contributed by atoms with E-state index in [1.54, 1.807) is 18.2 Å². The van der Waals surface area contributed by atoms with Crippen LogP contribution in [-0.4, -0.2) is 26.4 Å². The Morgan fingerprint density at radius 2 is 2.00 bits per heavy atom. The number of hydrogen-bond donors (Lipinski definition) is 0. The van der Waals surface area contributed by atoms with Crippen LogP contribution in [0.15, 0.2) is 23.4 Å². The van der Waals surface area contributed by atoms with Gasteiger partial charge in [-0.2, -0.15) is 13.2 Å². The number of rotatable bonds is 4. The van der Waals surface area contributed by atoms with Crippen LogP contribution < -0.4 is 0 Å². The molecule has 2 aromatic rings. The van der Waals surface area contributed by atoms with Crippen LogP contribution >= 0.6 is 35.0 Å². The van der Waals surface area contributed by atoms with Crippen molar-refractivity contribution in [3.8, 4) is 0 Å². The van der Waals surface area contributed by atoms with E-state index in [1.165, 1.54) is 0 Å². The van der Waals surface area contributed by atoms with Gasteiger partial charge in [-0.1, -0.05) is 41.0 Å². The van der Waals surface area contributed by atoms with Crippen LogP contribution in [-0.2, 0) is 12.3 Å². The molecule has 1 aromatic carbocycles. The molecular formula is C10H7Cl2F3N4S. The highest BCUT2D eigenvalue weighted by atomic mass is 35.5. The summed E-state index contributed by atoms with van der Waals surface area (Å²) in [5.74, 6) is 0.342. The fourth-order valence-corrected chi connectivity index (χ4v) is 2.79. The number of hydrogen-bond acceptors (Lipinski definition) is 4. The molecule has 1 aromatic heterocycles. The first-order valence-corrected chi connectivity index (χ1v) is 6.99. The van der Waals surface area contributed by atoms with Crippen molar-refractivity contribution >= 4 is 35.0 Å². The third-order valence-electron chi connectivity index (χ3n) is 2.20. The molecule has 0 aliphatic heterocycles. The van der Waals surface area contributed by atoms with Gasteiger partial charge in [0.25, 0.3) is 0 Å². The molecule has 0 bridgehead atoms. The molecule has 0 fully saturated rings. The SMILES string of the molecule is FC(F)(F)Cn1nnnc1SCc1ccc(Cl)cc1Cl. The highest BCUT2D eigenvalue weighted by Crippen LogP contribution is 2.28. The van der Waals surface area contributed by atoms with Crippen LogP contribution in [0, 0.1) is 0 Å². The Kier molecular flexibility index (Phi) is 4.77. The normalized spacial score (nSPS) is 11.8. The predicted octanol–water partition coefficient (Wildman–Crippen LogP) is 3.83. The van der Waals surface area contributed by atoms with E-state index < -0.39 is 12.7 Å². The van der Waals surface area contributed by atoms with Gasteiger partial charge in [0.1, 0.15) is 6.54 Å². The molecule has 0 saturated heterocycles. The fourth-order valence-electron chi connectivity index (χ4n) is 1.35. The number of nitrogens with zero attached hydrogens (tertiary/aromatic N) is 4. The lowest BCUT2D eigenvalue weighted by Crippen LogP contribution is -2.19. The van der Waals surface area contributed by atoms with Crippen molar-refractivity contribution in [3.05, 3.63) is 33.8 Å². The van der Waals surface area contributed by atoms with Gasteiger partial charge in [0.15, 0.2) is 0 Å². The molecule has 20 heavy (non-hydrogen) atoms. The zero-order valence-corrected chi connectivity index (χ0v) is 12.1. The number of tetrazole rings is 1. The summed E-state index contributed by atoms with van der Waals surface area (Å²) in [6.07, 6.45) is -4.37. The van der Waals surface area contributed by atoms with Crippen molar-refractivity contribution in [2.24, 2.45) is 0 Å². The second kappa shape index (κ2) is 6.19. The summed E-state index contributed by atoms with van der Waals surface area (Å²) in [6.45, 7) is -1.23. The van der Waals surface area contributed by atoms with Crippen molar-refractivity contribution in [3.63, 3.8) is 0 Å². The fraction of sp³-hybridized carbons (Fsp3) is 0.300. The monoisotopic (exact) mass is 342 g/mol. The summed E-state index contributed by atoms with van der Waals surface area (Å²) < 4.78 is 37.6. The number of alkyl halides is 3. The van der Waals surface area contributed by atoms with Gasteiger partial charge >= 0.3 is 6.18 Å². The highest BCUT2D eigenvalue weighted by Gasteiger charge is 2.30. The van der Waals surface area contributed by atoms with Gasteiger partial charge in [-0.3, -0.25) is 0 Å². The topological polar surface area (TPSA) is 43.6 Å². The maximum Gasteiger partial charge on any atom is 0.408 e. The average molecular weight is 343 g/mol. The van der Waals surface area contributed by atoms with Crippen molar-refractivity contribution in [2.45, 2.75) is 23.6 Å². The summed E-state index contributed by atoms with van der Waals surface area (Å²) in [5.41, 5.74) is 0.739. The molecule has 0 saturated carbocycles. The Morgan fingerprint density at radius 3 is 2.65 bits per heavy atom. The molecule has 2 rings (SSSR count). The van der Waals surface area contributed by atoms with Crippen LogP contribution in [0.4, 0.5) is 13.2 Å². The maximum absolute atomic E-state index is 12.3. The van der Waals surface area contributed by atoms with Gasteiger partial charge in [0, 0.05) is 15.8 Å². The molecule has 0 aliphatic rings. The smallest absolute Gasteiger partial charge is 0.211 e. The van der Waals surface area contributed by atoms with E-state index in [0.717, 1.165) is 17.3 Å². The second-order valence-electron chi connectivity index (χ2n) is 3.76. The lowest BCUT2D eigenvalue weighted by molar-refractivity contribution is -0.144. The zero-order chi connectivity index (χ0) is 14.8. The third kappa shape index (κ3) is 4.26. The molecule has 0 radical (unpaired) electrons. The van der Waals surface area contributed by atoms with Crippen molar-refractivity contribution in [2.75, 3.05) is 0 Å². The van der Waals surface area contributed by atoms with E-state index in [4.69, 9.17) is 23.2 Å². The van der Waals surface area contributed by atoms with Crippen LogP contribution in [0.25, 0.3) is 0 Å². The first-order valence-electron chi connectivity index (χ1n) is 5.25. The third-order valence-corrected chi connectivity index (χ3v) is 3.79. The predicted molar refractivity (Wildman–Crippen MR) is 69.9 cm³/mol. The minimum atomic E-state index is -4.37. The second-order valence-corrected chi connectivity index (χ2v) is 5.54. The maximum atomic E-state index is 12.3. The Bertz CT molecular complexity index is 602. The van der Waals surface area contributed by atoms with E-state index in [2.05, 4.69) is 15.5 Å². The van der Waals surface area contributed by atoms with E-state index in [9.17, 15) is 13.2 Å². The Morgan fingerprint density at radius 1 is 1.25 bits per heavy atom. The van der Waals surface area contributed by atoms with Crippen LogP contribution in [0.1, 0.15) is 5.56 Å². The Labute approximate surface area is 126 Å². The van der Waals surface area contributed by atoms with Crippen LogP contribution in [0.3, 0.4) is 0 Å². The summed E-state index contributed by atoms with van der Waals surface area (Å²) in [4.78, 5) is 0. The molecule has 0 N–H and O–H groups in total.